The van der Waals surface area contributed by atoms with Gasteiger partial charge in [0.1, 0.15) is 5.60 Å². The molecule has 0 bridgehead atoms. The van der Waals surface area contributed by atoms with Gasteiger partial charge in [0.25, 0.3) is 0 Å². The first-order valence-corrected chi connectivity index (χ1v) is 6.64. The number of nitrogens with zero attached hydrogens (tertiary/aromatic N) is 1. The summed E-state index contributed by atoms with van der Waals surface area (Å²) in [4.78, 5) is 14.1. The SMILES string of the molecule is CC(CN)N(C(=O)OC(C)(C)C)C1CCOCC1. The van der Waals surface area contributed by atoms with Gasteiger partial charge in [-0.1, -0.05) is 0 Å². The van der Waals surface area contributed by atoms with Crippen molar-refractivity contribution in [1.82, 2.24) is 4.90 Å². The summed E-state index contributed by atoms with van der Waals surface area (Å²) in [7, 11) is 0. The van der Waals surface area contributed by atoms with Gasteiger partial charge in [-0.15, -0.1) is 0 Å². The van der Waals surface area contributed by atoms with E-state index in [1.807, 2.05) is 27.7 Å². The first-order valence-electron chi connectivity index (χ1n) is 6.64. The average Bonchev–Trinajstić information content (AvgIpc) is 2.28. The molecule has 106 valence electrons. The Morgan fingerprint density at radius 3 is 2.44 bits per heavy atom. The molecule has 0 radical (unpaired) electrons. The molecule has 1 amide bonds. The number of carbonyl (C=O) groups excluding carboxylic acids is 1. The van der Waals surface area contributed by atoms with Crippen LogP contribution in [0.1, 0.15) is 40.5 Å². The number of ether oxygens (including phenoxy) is 2. The van der Waals surface area contributed by atoms with E-state index in [1.165, 1.54) is 0 Å². The number of amides is 1. The van der Waals surface area contributed by atoms with E-state index >= 15 is 0 Å². The molecule has 0 aliphatic carbocycles. The summed E-state index contributed by atoms with van der Waals surface area (Å²) >= 11 is 0. The van der Waals surface area contributed by atoms with Gasteiger partial charge in [-0.2, -0.15) is 0 Å². The molecule has 1 unspecified atom stereocenters. The second-order valence-corrected chi connectivity index (χ2v) is 5.82. The lowest BCUT2D eigenvalue weighted by atomic mass is 10.1. The molecule has 2 N–H and O–H groups in total. The van der Waals surface area contributed by atoms with Crippen LogP contribution in [0.5, 0.6) is 0 Å². The maximum atomic E-state index is 12.3. The zero-order valence-corrected chi connectivity index (χ0v) is 11.9. The van der Waals surface area contributed by atoms with E-state index in [0.717, 1.165) is 12.8 Å². The van der Waals surface area contributed by atoms with Crippen molar-refractivity contribution in [1.29, 1.82) is 0 Å². The van der Waals surface area contributed by atoms with E-state index in [1.54, 1.807) is 4.90 Å². The highest BCUT2D eigenvalue weighted by molar-refractivity contribution is 5.69. The van der Waals surface area contributed by atoms with Gasteiger partial charge in [-0.05, 0) is 40.5 Å². The minimum Gasteiger partial charge on any atom is -0.444 e. The summed E-state index contributed by atoms with van der Waals surface area (Å²) in [5.74, 6) is 0. The molecule has 1 heterocycles. The van der Waals surface area contributed by atoms with Crippen LogP contribution in [0.3, 0.4) is 0 Å². The monoisotopic (exact) mass is 258 g/mol. The summed E-state index contributed by atoms with van der Waals surface area (Å²) in [6.07, 6.45) is 1.43. The van der Waals surface area contributed by atoms with Crippen LogP contribution in [-0.2, 0) is 9.47 Å². The first kappa shape index (κ1) is 15.2. The van der Waals surface area contributed by atoms with Gasteiger partial charge >= 0.3 is 6.09 Å². The second kappa shape index (κ2) is 6.38. The van der Waals surface area contributed by atoms with Crippen molar-refractivity contribution in [2.24, 2.45) is 5.73 Å². The lowest BCUT2D eigenvalue weighted by Crippen LogP contribution is -2.52. The highest BCUT2D eigenvalue weighted by Crippen LogP contribution is 2.20. The van der Waals surface area contributed by atoms with Gasteiger partial charge in [0.05, 0.1) is 0 Å². The maximum Gasteiger partial charge on any atom is 0.410 e. The number of rotatable bonds is 3. The Morgan fingerprint density at radius 2 is 2.00 bits per heavy atom. The van der Waals surface area contributed by atoms with Gasteiger partial charge in [0, 0.05) is 31.8 Å². The van der Waals surface area contributed by atoms with Crippen molar-refractivity contribution in [3.8, 4) is 0 Å². The van der Waals surface area contributed by atoms with Gasteiger partial charge in [0.2, 0.25) is 0 Å². The molecule has 5 heteroatoms. The predicted octanol–water partition coefficient (Wildman–Crippen LogP) is 1.75. The molecule has 0 saturated carbocycles. The highest BCUT2D eigenvalue weighted by atomic mass is 16.6. The molecular weight excluding hydrogens is 232 g/mol. The summed E-state index contributed by atoms with van der Waals surface area (Å²) < 4.78 is 10.8. The third-order valence-electron chi connectivity index (χ3n) is 3.00. The van der Waals surface area contributed by atoms with Crippen LogP contribution in [0, 0.1) is 0 Å². The summed E-state index contributed by atoms with van der Waals surface area (Å²) in [6.45, 7) is 9.42. The first-order chi connectivity index (χ1) is 8.35. The van der Waals surface area contributed by atoms with E-state index in [0.29, 0.717) is 19.8 Å². The molecule has 0 spiro atoms. The fourth-order valence-electron chi connectivity index (χ4n) is 2.08. The van der Waals surface area contributed by atoms with Crippen molar-refractivity contribution in [2.45, 2.75) is 58.2 Å². The third kappa shape index (κ3) is 4.46. The summed E-state index contributed by atoms with van der Waals surface area (Å²) in [6, 6.07) is 0.162. The molecule has 0 aromatic carbocycles. The summed E-state index contributed by atoms with van der Waals surface area (Å²) in [5.41, 5.74) is 5.22. The summed E-state index contributed by atoms with van der Waals surface area (Å²) in [5, 5.41) is 0. The smallest absolute Gasteiger partial charge is 0.410 e. The maximum absolute atomic E-state index is 12.3. The van der Waals surface area contributed by atoms with Crippen molar-refractivity contribution >= 4 is 6.09 Å². The number of nitrogens with two attached hydrogens (primary N) is 1. The molecule has 1 saturated heterocycles. The Kier molecular flexibility index (Phi) is 5.41. The van der Waals surface area contributed by atoms with Gasteiger partial charge in [-0.3, -0.25) is 0 Å². The van der Waals surface area contributed by atoms with E-state index in [4.69, 9.17) is 15.2 Å². The molecule has 0 aromatic heterocycles. The zero-order valence-electron chi connectivity index (χ0n) is 11.9. The van der Waals surface area contributed by atoms with E-state index in [2.05, 4.69) is 0 Å². The van der Waals surface area contributed by atoms with Gasteiger partial charge in [-0.25, -0.2) is 4.79 Å². The molecule has 1 fully saturated rings. The molecular formula is C13H26N2O3. The number of hydrogen-bond acceptors (Lipinski definition) is 4. The van der Waals surface area contributed by atoms with Crippen LogP contribution < -0.4 is 5.73 Å². The number of hydrogen-bond donors (Lipinski definition) is 1. The quantitative estimate of drug-likeness (QED) is 0.837. The van der Waals surface area contributed by atoms with Crippen molar-refractivity contribution < 1.29 is 14.3 Å². The third-order valence-corrected chi connectivity index (χ3v) is 3.00. The fraction of sp³-hybridized carbons (Fsp3) is 0.923. The zero-order chi connectivity index (χ0) is 13.8. The van der Waals surface area contributed by atoms with Crippen molar-refractivity contribution in [3.05, 3.63) is 0 Å². The lowest BCUT2D eigenvalue weighted by Gasteiger charge is -2.38. The van der Waals surface area contributed by atoms with Crippen LogP contribution in [0.4, 0.5) is 4.79 Å². The van der Waals surface area contributed by atoms with E-state index in [-0.39, 0.29) is 18.2 Å². The molecule has 1 rings (SSSR count). The largest absolute Gasteiger partial charge is 0.444 e. The minimum absolute atomic E-state index is 0.0112. The second-order valence-electron chi connectivity index (χ2n) is 5.82. The lowest BCUT2D eigenvalue weighted by molar-refractivity contribution is -0.0152. The molecule has 1 aliphatic heterocycles. The predicted molar refractivity (Wildman–Crippen MR) is 70.4 cm³/mol. The average molecular weight is 258 g/mol. The van der Waals surface area contributed by atoms with Crippen LogP contribution >= 0.6 is 0 Å². The molecule has 0 aromatic rings. The topological polar surface area (TPSA) is 64.8 Å². The van der Waals surface area contributed by atoms with Crippen molar-refractivity contribution in [2.75, 3.05) is 19.8 Å². The van der Waals surface area contributed by atoms with Crippen LogP contribution in [0.2, 0.25) is 0 Å². The van der Waals surface area contributed by atoms with Crippen LogP contribution in [0.15, 0.2) is 0 Å². The molecule has 18 heavy (non-hydrogen) atoms. The highest BCUT2D eigenvalue weighted by Gasteiger charge is 2.32. The van der Waals surface area contributed by atoms with E-state index < -0.39 is 5.60 Å². The van der Waals surface area contributed by atoms with Crippen LogP contribution in [-0.4, -0.2) is 48.4 Å². The Hall–Kier alpha value is -0.810. The normalized spacial score (nSPS) is 19.4. The Balaban J connectivity index is 2.73. The van der Waals surface area contributed by atoms with Gasteiger partial charge in [0.15, 0.2) is 0 Å². The van der Waals surface area contributed by atoms with Crippen LogP contribution in [0.25, 0.3) is 0 Å². The van der Waals surface area contributed by atoms with Crippen molar-refractivity contribution in [3.63, 3.8) is 0 Å². The standard InChI is InChI=1S/C13H26N2O3/c1-10(9-14)15(11-5-7-17-8-6-11)12(16)18-13(2,3)4/h10-11H,5-9,14H2,1-4H3. The number of carbonyl (C=O) groups is 1. The molecule has 1 atom stereocenters. The Morgan fingerprint density at radius 1 is 1.44 bits per heavy atom. The van der Waals surface area contributed by atoms with Gasteiger partial charge < -0.3 is 20.1 Å². The van der Waals surface area contributed by atoms with E-state index in [9.17, 15) is 4.79 Å². The Bertz CT molecular complexity index is 270. The minimum atomic E-state index is -0.477. The molecule has 1 aliphatic rings. The fourth-order valence-corrected chi connectivity index (χ4v) is 2.08. The molecule has 5 nitrogen and oxygen atoms in total. The Labute approximate surface area is 110 Å².